The van der Waals surface area contributed by atoms with Gasteiger partial charge in [-0.05, 0) is 31.2 Å². The molecule has 0 spiro atoms. The predicted molar refractivity (Wildman–Crippen MR) is 78.3 cm³/mol. The maximum atomic E-state index is 4.53. The standard InChI is InChI=1S/C15H22N4/c1-10-12-8-11(9-16-14(12)19(4)18-10)17-13-6-5-7-15(13,2)3/h8-9,13,17H,5-7H2,1-4H3. The number of pyridine rings is 1. The van der Waals surface area contributed by atoms with Gasteiger partial charge in [0.25, 0.3) is 0 Å². The van der Waals surface area contributed by atoms with Crippen LogP contribution < -0.4 is 5.32 Å². The lowest BCUT2D eigenvalue weighted by molar-refractivity contribution is 0.350. The van der Waals surface area contributed by atoms with Crippen LogP contribution in [0.4, 0.5) is 5.69 Å². The molecule has 1 atom stereocenters. The highest BCUT2D eigenvalue weighted by Crippen LogP contribution is 2.39. The van der Waals surface area contributed by atoms with Gasteiger partial charge >= 0.3 is 0 Å². The van der Waals surface area contributed by atoms with E-state index < -0.39 is 0 Å². The van der Waals surface area contributed by atoms with Gasteiger partial charge in [-0.3, -0.25) is 4.68 Å². The van der Waals surface area contributed by atoms with E-state index in [9.17, 15) is 0 Å². The van der Waals surface area contributed by atoms with E-state index in [0.29, 0.717) is 11.5 Å². The topological polar surface area (TPSA) is 42.7 Å². The first-order valence-electron chi connectivity index (χ1n) is 7.03. The summed E-state index contributed by atoms with van der Waals surface area (Å²) in [5.41, 5.74) is 3.48. The summed E-state index contributed by atoms with van der Waals surface area (Å²) in [4.78, 5) is 4.53. The summed E-state index contributed by atoms with van der Waals surface area (Å²) in [5, 5.41) is 9.22. The highest BCUT2D eigenvalue weighted by molar-refractivity contribution is 5.81. The summed E-state index contributed by atoms with van der Waals surface area (Å²) in [6.07, 6.45) is 5.79. The van der Waals surface area contributed by atoms with Crippen molar-refractivity contribution in [3.05, 3.63) is 18.0 Å². The molecule has 2 heterocycles. The summed E-state index contributed by atoms with van der Waals surface area (Å²) >= 11 is 0. The summed E-state index contributed by atoms with van der Waals surface area (Å²) in [7, 11) is 1.94. The third-order valence-corrected chi connectivity index (χ3v) is 4.46. The van der Waals surface area contributed by atoms with Gasteiger partial charge in [0, 0.05) is 18.5 Å². The molecule has 1 aliphatic carbocycles. The number of aromatic nitrogens is 3. The quantitative estimate of drug-likeness (QED) is 0.899. The molecule has 3 rings (SSSR count). The number of rotatable bonds is 2. The molecule has 0 amide bonds. The number of nitrogens with one attached hydrogen (secondary N) is 1. The predicted octanol–water partition coefficient (Wildman–Crippen LogP) is 3.27. The van der Waals surface area contributed by atoms with Gasteiger partial charge in [-0.1, -0.05) is 20.3 Å². The van der Waals surface area contributed by atoms with E-state index in [1.165, 1.54) is 19.3 Å². The van der Waals surface area contributed by atoms with Crippen molar-refractivity contribution in [2.45, 2.75) is 46.1 Å². The molecule has 0 aliphatic heterocycles. The van der Waals surface area contributed by atoms with Gasteiger partial charge in [-0.25, -0.2) is 4.98 Å². The SMILES string of the molecule is Cc1nn(C)c2ncc(NC3CCCC3(C)C)cc12. The summed E-state index contributed by atoms with van der Waals surface area (Å²) < 4.78 is 1.84. The number of hydrogen-bond donors (Lipinski definition) is 1. The van der Waals surface area contributed by atoms with Crippen molar-refractivity contribution in [1.82, 2.24) is 14.8 Å². The van der Waals surface area contributed by atoms with Gasteiger partial charge in [-0.15, -0.1) is 0 Å². The molecule has 0 saturated heterocycles. The molecule has 4 nitrogen and oxygen atoms in total. The number of anilines is 1. The molecule has 1 unspecified atom stereocenters. The highest BCUT2D eigenvalue weighted by Gasteiger charge is 2.34. The van der Waals surface area contributed by atoms with Gasteiger partial charge in [0.2, 0.25) is 0 Å². The van der Waals surface area contributed by atoms with Crippen molar-refractivity contribution in [3.63, 3.8) is 0 Å². The molecule has 0 radical (unpaired) electrons. The second-order valence-corrected chi connectivity index (χ2v) is 6.38. The Kier molecular flexibility index (Phi) is 2.77. The van der Waals surface area contributed by atoms with Crippen LogP contribution >= 0.6 is 0 Å². The van der Waals surface area contributed by atoms with Crippen LogP contribution in [0.5, 0.6) is 0 Å². The van der Waals surface area contributed by atoms with Crippen LogP contribution in [0.3, 0.4) is 0 Å². The minimum Gasteiger partial charge on any atom is -0.381 e. The molecule has 0 aromatic carbocycles. The second kappa shape index (κ2) is 4.22. The first-order chi connectivity index (χ1) is 8.97. The van der Waals surface area contributed by atoms with Crippen molar-refractivity contribution < 1.29 is 0 Å². The fourth-order valence-corrected chi connectivity index (χ4v) is 3.18. The molecule has 102 valence electrons. The Morgan fingerprint density at radius 1 is 1.42 bits per heavy atom. The Morgan fingerprint density at radius 2 is 2.21 bits per heavy atom. The van der Waals surface area contributed by atoms with Crippen LogP contribution in [0, 0.1) is 12.3 Å². The van der Waals surface area contributed by atoms with Crippen LogP contribution in [0.25, 0.3) is 11.0 Å². The lowest BCUT2D eigenvalue weighted by atomic mass is 9.87. The lowest BCUT2D eigenvalue weighted by Gasteiger charge is -2.28. The first kappa shape index (κ1) is 12.5. The molecular weight excluding hydrogens is 236 g/mol. The smallest absolute Gasteiger partial charge is 0.157 e. The zero-order valence-corrected chi connectivity index (χ0v) is 12.2. The molecule has 1 N–H and O–H groups in total. The first-order valence-corrected chi connectivity index (χ1v) is 7.03. The van der Waals surface area contributed by atoms with Crippen LogP contribution in [-0.2, 0) is 7.05 Å². The average Bonchev–Trinajstić information content (AvgIpc) is 2.81. The Labute approximate surface area is 114 Å². The maximum absolute atomic E-state index is 4.53. The summed E-state index contributed by atoms with van der Waals surface area (Å²) in [5.74, 6) is 0. The van der Waals surface area contributed by atoms with E-state index in [2.05, 4.69) is 35.3 Å². The molecule has 0 bridgehead atoms. The van der Waals surface area contributed by atoms with Gasteiger partial charge in [0.1, 0.15) is 0 Å². The third kappa shape index (κ3) is 2.09. The Balaban J connectivity index is 1.92. The molecule has 19 heavy (non-hydrogen) atoms. The Bertz CT molecular complexity index is 612. The lowest BCUT2D eigenvalue weighted by Crippen LogP contribution is -2.30. The number of hydrogen-bond acceptors (Lipinski definition) is 3. The number of aryl methyl sites for hydroxylation is 2. The third-order valence-electron chi connectivity index (χ3n) is 4.46. The molecule has 1 fully saturated rings. The normalized spacial score (nSPS) is 22.0. The monoisotopic (exact) mass is 258 g/mol. The number of fused-ring (bicyclic) bond motifs is 1. The van der Waals surface area contributed by atoms with Crippen LogP contribution in [-0.4, -0.2) is 20.8 Å². The Morgan fingerprint density at radius 3 is 2.89 bits per heavy atom. The molecule has 2 aromatic heterocycles. The van der Waals surface area contributed by atoms with Crippen molar-refractivity contribution in [2.24, 2.45) is 12.5 Å². The van der Waals surface area contributed by atoms with E-state index in [0.717, 1.165) is 22.4 Å². The van der Waals surface area contributed by atoms with Crippen LogP contribution in [0.15, 0.2) is 12.3 Å². The maximum Gasteiger partial charge on any atom is 0.157 e. The van der Waals surface area contributed by atoms with E-state index in [4.69, 9.17) is 0 Å². The van der Waals surface area contributed by atoms with E-state index in [1.54, 1.807) is 0 Å². The average molecular weight is 258 g/mol. The zero-order chi connectivity index (χ0) is 13.6. The molecule has 1 aliphatic rings. The van der Waals surface area contributed by atoms with E-state index in [1.807, 2.05) is 24.9 Å². The van der Waals surface area contributed by atoms with Gasteiger partial charge in [0.15, 0.2) is 5.65 Å². The minimum atomic E-state index is 0.374. The van der Waals surface area contributed by atoms with Gasteiger partial charge < -0.3 is 5.32 Å². The minimum absolute atomic E-state index is 0.374. The molecule has 1 saturated carbocycles. The van der Waals surface area contributed by atoms with Crippen molar-refractivity contribution in [2.75, 3.05) is 5.32 Å². The zero-order valence-electron chi connectivity index (χ0n) is 12.2. The largest absolute Gasteiger partial charge is 0.381 e. The van der Waals surface area contributed by atoms with Crippen LogP contribution in [0.1, 0.15) is 38.8 Å². The van der Waals surface area contributed by atoms with Gasteiger partial charge in [0.05, 0.1) is 17.6 Å². The Hall–Kier alpha value is -1.58. The van der Waals surface area contributed by atoms with E-state index in [-0.39, 0.29) is 0 Å². The molecular formula is C15H22N4. The fraction of sp³-hybridized carbons (Fsp3) is 0.600. The second-order valence-electron chi connectivity index (χ2n) is 6.38. The van der Waals surface area contributed by atoms with Gasteiger partial charge in [-0.2, -0.15) is 5.10 Å². The fourth-order valence-electron chi connectivity index (χ4n) is 3.18. The molecule has 2 aromatic rings. The highest BCUT2D eigenvalue weighted by atomic mass is 15.3. The number of nitrogens with zero attached hydrogens (tertiary/aromatic N) is 3. The summed E-state index contributed by atoms with van der Waals surface area (Å²) in [6, 6.07) is 2.72. The van der Waals surface area contributed by atoms with Crippen molar-refractivity contribution >= 4 is 16.7 Å². The van der Waals surface area contributed by atoms with E-state index >= 15 is 0 Å². The van der Waals surface area contributed by atoms with Crippen molar-refractivity contribution in [3.8, 4) is 0 Å². The summed E-state index contributed by atoms with van der Waals surface area (Å²) in [6.45, 7) is 6.73. The van der Waals surface area contributed by atoms with Crippen LogP contribution in [0.2, 0.25) is 0 Å². The molecule has 4 heteroatoms. The van der Waals surface area contributed by atoms with Crippen molar-refractivity contribution in [1.29, 1.82) is 0 Å².